The second kappa shape index (κ2) is 6.03. The van der Waals surface area contributed by atoms with Gasteiger partial charge in [0.05, 0.1) is 12.3 Å². The Bertz CT molecular complexity index is 796. The van der Waals surface area contributed by atoms with Crippen molar-refractivity contribution >= 4 is 11.5 Å². The van der Waals surface area contributed by atoms with E-state index in [0.29, 0.717) is 12.4 Å². The van der Waals surface area contributed by atoms with Crippen LogP contribution >= 0.6 is 0 Å². The Kier molecular flexibility index (Phi) is 3.93. The second-order valence-corrected chi connectivity index (χ2v) is 4.86. The van der Waals surface area contributed by atoms with Crippen LogP contribution in [0.2, 0.25) is 0 Å². The van der Waals surface area contributed by atoms with Crippen LogP contribution in [0.4, 0.5) is 5.82 Å². The number of aryl methyl sites for hydroxylation is 1. The molecule has 3 rings (SSSR count). The standard InChI is InChI=1S/C16H19N5O/c1-3-11-9-16(19-17)21-15(18-11)10-13(20-21)12-7-5-6-8-14(12)22-4-2/h5-10,19H,3-4,17H2,1-2H3. The average molecular weight is 297 g/mol. The molecule has 114 valence electrons. The molecule has 0 atom stereocenters. The molecule has 0 saturated carbocycles. The highest BCUT2D eigenvalue weighted by Crippen LogP contribution is 2.30. The third-order valence-electron chi connectivity index (χ3n) is 3.45. The summed E-state index contributed by atoms with van der Waals surface area (Å²) in [6, 6.07) is 11.7. The molecule has 6 nitrogen and oxygen atoms in total. The molecule has 3 N–H and O–H groups in total. The van der Waals surface area contributed by atoms with Crippen molar-refractivity contribution in [2.24, 2.45) is 5.84 Å². The van der Waals surface area contributed by atoms with Gasteiger partial charge in [0.15, 0.2) is 5.65 Å². The van der Waals surface area contributed by atoms with Crippen LogP contribution in [0.5, 0.6) is 5.75 Å². The third-order valence-corrected chi connectivity index (χ3v) is 3.45. The van der Waals surface area contributed by atoms with E-state index in [1.54, 1.807) is 4.52 Å². The van der Waals surface area contributed by atoms with Gasteiger partial charge in [-0.05, 0) is 25.5 Å². The van der Waals surface area contributed by atoms with Crippen LogP contribution in [-0.4, -0.2) is 21.2 Å². The number of ether oxygens (including phenoxy) is 1. The molecule has 3 aromatic rings. The second-order valence-electron chi connectivity index (χ2n) is 4.86. The Labute approximate surface area is 128 Å². The molecular weight excluding hydrogens is 278 g/mol. The maximum atomic E-state index is 5.68. The first-order valence-electron chi connectivity index (χ1n) is 7.35. The zero-order chi connectivity index (χ0) is 15.5. The summed E-state index contributed by atoms with van der Waals surface area (Å²) in [4.78, 5) is 4.59. The molecule has 0 unspecified atom stereocenters. The van der Waals surface area contributed by atoms with Gasteiger partial charge in [-0.2, -0.15) is 9.61 Å². The van der Waals surface area contributed by atoms with E-state index in [2.05, 4.69) is 22.4 Å². The van der Waals surface area contributed by atoms with Crippen LogP contribution in [0.1, 0.15) is 19.5 Å². The number of hydrazine groups is 1. The first kappa shape index (κ1) is 14.3. The average Bonchev–Trinajstić information content (AvgIpc) is 2.98. The third kappa shape index (κ3) is 2.48. The minimum atomic E-state index is 0.609. The smallest absolute Gasteiger partial charge is 0.158 e. The van der Waals surface area contributed by atoms with E-state index < -0.39 is 0 Å². The zero-order valence-electron chi connectivity index (χ0n) is 12.7. The number of nitrogens with one attached hydrogen (secondary N) is 1. The van der Waals surface area contributed by atoms with Gasteiger partial charge in [0.1, 0.15) is 11.6 Å². The van der Waals surface area contributed by atoms with Gasteiger partial charge in [0, 0.05) is 23.4 Å². The lowest BCUT2D eigenvalue weighted by atomic mass is 10.1. The molecule has 1 aromatic carbocycles. The summed E-state index contributed by atoms with van der Waals surface area (Å²) in [5, 5.41) is 4.60. The highest BCUT2D eigenvalue weighted by Gasteiger charge is 2.13. The highest BCUT2D eigenvalue weighted by atomic mass is 16.5. The fourth-order valence-electron chi connectivity index (χ4n) is 2.40. The lowest BCUT2D eigenvalue weighted by molar-refractivity contribution is 0.341. The number of para-hydroxylation sites is 1. The summed E-state index contributed by atoms with van der Waals surface area (Å²) < 4.78 is 7.38. The van der Waals surface area contributed by atoms with Gasteiger partial charge < -0.3 is 10.2 Å². The van der Waals surface area contributed by atoms with Crippen molar-refractivity contribution in [1.29, 1.82) is 0 Å². The Hall–Kier alpha value is -2.60. The quantitative estimate of drug-likeness (QED) is 0.559. The minimum absolute atomic E-state index is 0.609. The van der Waals surface area contributed by atoms with Crippen LogP contribution < -0.4 is 16.0 Å². The molecule has 0 fully saturated rings. The maximum Gasteiger partial charge on any atom is 0.158 e. The number of fused-ring (bicyclic) bond motifs is 1. The van der Waals surface area contributed by atoms with Gasteiger partial charge in [-0.3, -0.25) is 0 Å². The van der Waals surface area contributed by atoms with Crippen molar-refractivity contribution in [3.05, 3.63) is 42.1 Å². The van der Waals surface area contributed by atoms with Crippen molar-refractivity contribution < 1.29 is 4.74 Å². The molecule has 0 aliphatic carbocycles. The summed E-state index contributed by atoms with van der Waals surface area (Å²) in [5.74, 6) is 7.12. The minimum Gasteiger partial charge on any atom is -0.493 e. The van der Waals surface area contributed by atoms with Gasteiger partial charge in [-0.15, -0.1) is 0 Å². The van der Waals surface area contributed by atoms with Crippen LogP contribution in [0.15, 0.2) is 36.4 Å². The Morgan fingerprint density at radius 3 is 2.77 bits per heavy atom. The van der Waals surface area contributed by atoms with Crippen molar-refractivity contribution in [3.8, 4) is 17.0 Å². The largest absolute Gasteiger partial charge is 0.493 e. The molecule has 0 radical (unpaired) electrons. The lowest BCUT2D eigenvalue weighted by Crippen LogP contribution is -2.12. The Balaban J connectivity index is 2.17. The molecule has 2 aromatic heterocycles. The van der Waals surface area contributed by atoms with Crippen molar-refractivity contribution in [1.82, 2.24) is 14.6 Å². The summed E-state index contributed by atoms with van der Waals surface area (Å²) in [7, 11) is 0. The summed E-state index contributed by atoms with van der Waals surface area (Å²) in [5.41, 5.74) is 6.15. The van der Waals surface area contributed by atoms with Gasteiger partial charge in [0.2, 0.25) is 0 Å². The van der Waals surface area contributed by atoms with Crippen LogP contribution in [0, 0.1) is 0 Å². The highest BCUT2D eigenvalue weighted by molar-refractivity contribution is 5.71. The van der Waals surface area contributed by atoms with Crippen LogP contribution in [0.3, 0.4) is 0 Å². The van der Waals surface area contributed by atoms with Gasteiger partial charge in [0.25, 0.3) is 0 Å². The monoisotopic (exact) mass is 297 g/mol. The molecule has 6 heteroatoms. The summed E-state index contributed by atoms with van der Waals surface area (Å²) in [6.07, 6.45) is 0.835. The number of anilines is 1. The number of nitrogen functional groups attached to an aromatic ring is 1. The zero-order valence-corrected chi connectivity index (χ0v) is 12.7. The fourth-order valence-corrected chi connectivity index (χ4v) is 2.40. The molecular formula is C16H19N5O. The maximum absolute atomic E-state index is 5.68. The topological polar surface area (TPSA) is 77.5 Å². The predicted octanol–water partition coefficient (Wildman–Crippen LogP) is 2.64. The van der Waals surface area contributed by atoms with E-state index in [0.717, 1.165) is 34.8 Å². The van der Waals surface area contributed by atoms with Gasteiger partial charge in [-0.1, -0.05) is 19.1 Å². The number of hydrogen-bond acceptors (Lipinski definition) is 5. The summed E-state index contributed by atoms with van der Waals surface area (Å²) >= 11 is 0. The number of benzene rings is 1. The van der Waals surface area contributed by atoms with Crippen molar-refractivity contribution in [3.63, 3.8) is 0 Å². The predicted molar refractivity (Wildman–Crippen MR) is 86.8 cm³/mol. The number of nitrogens with two attached hydrogens (primary N) is 1. The molecule has 0 amide bonds. The number of nitrogens with zero attached hydrogens (tertiary/aromatic N) is 3. The first-order valence-corrected chi connectivity index (χ1v) is 7.35. The van der Waals surface area contributed by atoms with Crippen LogP contribution in [-0.2, 0) is 6.42 Å². The van der Waals surface area contributed by atoms with E-state index in [1.165, 1.54) is 0 Å². The molecule has 0 saturated heterocycles. The van der Waals surface area contributed by atoms with Crippen molar-refractivity contribution in [2.45, 2.75) is 20.3 Å². The van der Waals surface area contributed by atoms with E-state index in [-0.39, 0.29) is 0 Å². The van der Waals surface area contributed by atoms with Gasteiger partial charge in [-0.25, -0.2) is 10.8 Å². The Morgan fingerprint density at radius 2 is 2.05 bits per heavy atom. The molecule has 22 heavy (non-hydrogen) atoms. The number of aromatic nitrogens is 3. The van der Waals surface area contributed by atoms with Crippen molar-refractivity contribution in [2.75, 3.05) is 12.0 Å². The number of hydrogen-bond donors (Lipinski definition) is 2. The normalized spacial score (nSPS) is 10.9. The van der Waals surface area contributed by atoms with Gasteiger partial charge >= 0.3 is 0 Å². The van der Waals surface area contributed by atoms with E-state index in [4.69, 9.17) is 10.6 Å². The molecule has 0 aliphatic heterocycles. The van der Waals surface area contributed by atoms with Crippen LogP contribution in [0.25, 0.3) is 16.9 Å². The van der Waals surface area contributed by atoms with E-state index in [1.807, 2.05) is 43.3 Å². The fraction of sp³-hybridized carbons (Fsp3) is 0.250. The summed E-state index contributed by atoms with van der Waals surface area (Å²) in [6.45, 7) is 4.63. The lowest BCUT2D eigenvalue weighted by Gasteiger charge is -2.07. The first-order chi connectivity index (χ1) is 10.8. The molecule has 0 spiro atoms. The number of rotatable bonds is 5. The molecule has 0 bridgehead atoms. The molecule has 0 aliphatic rings. The SMILES string of the molecule is CCOc1ccccc1-c1cc2nc(CC)cc(NN)n2n1. The van der Waals surface area contributed by atoms with E-state index >= 15 is 0 Å². The van der Waals surface area contributed by atoms with E-state index in [9.17, 15) is 0 Å². The molecule has 2 heterocycles. The Morgan fingerprint density at radius 1 is 1.23 bits per heavy atom.